The summed E-state index contributed by atoms with van der Waals surface area (Å²) in [6.45, 7) is 8.16. The van der Waals surface area contributed by atoms with Crippen LogP contribution in [0.4, 0.5) is 0 Å². The van der Waals surface area contributed by atoms with E-state index < -0.39 is 0 Å². The quantitative estimate of drug-likeness (QED) is 0.807. The van der Waals surface area contributed by atoms with Crippen LogP contribution in [0.3, 0.4) is 0 Å². The minimum Gasteiger partial charge on any atom is -0.298 e. The van der Waals surface area contributed by atoms with Gasteiger partial charge in [-0.3, -0.25) is 14.6 Å². The van der Waals surface area contributed by atoms with Crippen molar-refractivity contribution < 1.29 is 4.79 Å². The molecule has 0 unspecified atom stereocenters. The van der Waals surface area contributed by atoms with Crippen LogP contribution in [0.5, 0.6) is 0 Å². The van der Waals surface area contributed by atoms with Crippen molar-refractivity contribution in [2.75, 3.05) is 0 Å². The summed E-state index contributed by atoms with van der Waals surface area (Å²) < 4.78 is 1.90. The molecule has 0 spiro atoms. The lowest BCUT2D eigenvalue weighted by Crippen LogP contribution is -2.22. The largest absolute Gasteiger partial charge is 0.298 e. The third kappa shape index (κ3) is 2.00. The average molecular weight is 232 g/mol. The first kappa shape index (κ1) is 11.6. The van der Waals surface area contributed by atoms with Crippen molar-refractivity contribution in [2.24, 2.45) is 0 Å². The number of carbonyl (C=O) groups excluding carboxylic acids is 1. The van der Waals surface area contributed by atoms with E-state index in [4.69, 9.17) is 0 Å². The Morgan fingerprint density at radius 3 is 2.65 bits per heavy atom. The molecule has 17 heavy (non-hydrogen) atoms. The van der Waals surface area contributed by atoms with E-state index in [1.54, 1.807) is 0 Å². The number of H-pyrrole nitrogens is 1. The number of nitrogens with one attached hydrogen (secondary N) is 1. The van der Waals surface area contributed by atoms with Crippen LogP contribution < -0.4 is 0 Å². The molecule has 0 saturated heterocycles. The molecule has 0 radical (unpaired) electrons. The summed E-state index contributed by atoms with van der Waals surface area (Å²) in [4.78, 5) is 10.9. The number of aldehydes is 1. The van der Waals surface area contributed by atoms with Crippen molar-refractivity contribution in [1.82, 2.24) is 20.0 Å². The number of aryl methyl sites for hydroxylation is 1. The number of aromatic amines is 1. The smallest absolute Gasteiger partial charge is 0.153 e. The predicted octanol–water partition coefficient (Wildman–Crippen LogP) is 2.15. The molecule has 2 aromatic rings. The Morgan fingerprint density at radius 1 is 1.41 bits per heavy atom. The van der Waals surface area contributed by atoms with Crippen molar-refractivity contribution in [3.8, 4) is 11.3 Å². The number of nitrogens with zero attached hydrogens (tertiary/aromatic N) is 3. The zero-order valence-electron chi connectivity index (χ0n) is 10.5. The summed E-state index contributed by atoms with van der Waals surface area (Å²) >= 11 is 0. The molecule has 2 aromatic heterocycles. The molecule has 0 aliphatic rings. The minimum absolute atomic E-state index is 0.0790. The highest BCUT2D eigenvalue weighted by Gasteiger charge is 2.19. The first-order chi connectivity index (χ1) is 7.93. The Hall–Kier alpha value is -1.91. The maximum Gasteiger partial charge on any atom is 0.153 e. The maximum atomic E-state index is 10.9. The highest BCUT2D eigenvalue weighted by molar-refractivity contribution is 5.85. The van der Waals surface area contributed by atoms with E-state index in [9.17, 15) is 4.79 Å². The van der Waals surface area contributed by atoms with Crippen LogP contribution in [-0.2, 0) is 5.54 Å². The molecular weight excluding hydrogens is 216 g/mol. The molecule has 0 fully saturated rings. The van der Waals surface area contributed by atoms with Gasteiger partial charge in [0.25, 0.3) is 0 Å². The Kier molecular flexibility index (Phi) is 2.61. The molecule has 0 saturated carbocycles. The monoisotopic (exact) mass is 232 g/mol. The van der Waals surface area contributed by atoms with Crippen LogP contribution in [0.25, 0.3) is 11.3 Å². The molecule has 2 heterocycles. The van der Waals surface area contributed by atoms with Crippen LogP contribution in [0.1, 0.15) is 36.8 Å². The Bertz CT molecular complexity index is 545. The van der Waals surface area contributed by atoms with Crippen molar-refractivity contribution in [1.29, 1.82) is 0 Å². The number of carbonyl (C=O) groups is 1. The Balaban J connectivity index is 2.54. The second kappa shape index (κ2) is 3.84. The Labute approximate surface area is 99.8 Å². The molecule has 0 aliphatic heterocycles. The first-order valence-electron chi connectivity index (χ1n) is 5.49. The first-order valence-corrected chi connectivity index (χ1v) is 5.49. The van der Waals surface area contributed by atoms with Crippen LogP contribution in [0.15, 0.2) is 12.4 Å². The van der Waals surface area contributed by atoms with Gasteiger partial charge in [-0.2, -0.15) is 10.2 Å². The molecule has 5 heteroatoms. The summed E-state index contributed by atoms with van der Waals surface area (Å²) in [7, 11) is 0. The van der Waals surface area contributed by atoms with Crippen LogP contribution in [0, 0.1) is 6.92 Å². The third-order valence-electron chi connectivity index (χ3n) is 2.65. The van der Waals surface area contributed by atoms with E-state index in [-0.39, 0.29) is 5.54 Å². The normalized spacial score (nSPS) is 11.8. The SMILES string of the molecule is Cc1nn(C(C)(C)C)cc1-c1[nH]ncc1C=O. The fraction of sp³-hybridized carbons (Fsp3) is 0.417. The van der Waals surface area contributed by atoms with Crippen molar-refractivity contribution >= 4 is 6.29 Å². The van der Waals surface area contributed by atoms with Gasteiger partial charge in [-0.1, -0.05) is 0 Å². The molecule has 0 bridgehead atoms. The van der Waals surface area contributed by atoms with Crippen molar-refractivity contribution in [2.45, 2.75) is 33.2 Å². The van der Waals surface area contributed by atoms with Gasteiger partial charge in [-0.25, -0.2) is 0 Å². The molecule has 5 nitrogen and oxygen atoms in total. The molecule has 90 valence electrons. The van der Waals surface area contributed by atoms with Gasteiger partial charge in [0.2, 0.25) is 0 Å². The predicted molar refractivity (Wildman–Crippen MR) is 64.9 cm³/mol. The summed E-state index contributed by atoms with van der Waals surface area (Å²) in [6, 6.07) is 0. The van der Waals surface area contributed by atoms with Gasteiger partial charge < -0.3 is 0 Å². The van der Waals surface area contributed by atoms with Gasteiger partial charge in [0.05, 0.1) is 28.7 Å². The maximum absolute atomic E-state index is 10.9. The standard InChI is InChI=1S/C12H16N4O/c1-8-10(6-16(15-8)12(2,3)4)11-9(7-17)5-13-14-11/h5-7H,1-4H3,(H,13,14). The van der Waals surface area contributed by atoms with Crippen LogP contribution in [-0.4, -0.2) is 26.3 Å². The highest BCUT2D eigenvalue weighted by Crippen LogP contribution is 2.25. The Morgan fingerprint density at radius 2 is 2.12 bits per heavy atom. The van der Waals surface area contributed by atoms with Gasteiger partial charge in [0.15, 0.2) is 6.29 Å². The number of hydrogen-bond acceptors (Lipinski definition) is 3. The van der Waals surface area contributed by atoms with E-state index in [1.165, 1.54) is 6.20 Å². The van der Waals surface area contributed by atoms with Gasteiger partial charge in [-0.05, 0) is 27.7 Å². The second-order valence-corrected chi connectivity index (χ2v) is 5.06. The zero-order chi connectivity index (χ0) is 12.6. The molecule has 1 N–H and O–H groups in total. The van der Waals surface area contributed by atoms with E-state index in [1.807, 2.05) is 17.8 Å². The van der Waals surface area contributed by atoms with Crippen LogP contribution >= 0.6 is 0 Å². The van der Waals surface area contributed by atoms with Crippen molar-refractivity contribution in [3.05, 3.63) is 23.7 Å². The van der Waals surface area contributed by atoms with E-state index >= 15 is 0 Å². The van der Waals surface area contributed by atoms with Crippen molar-refractivity contribution in [3.63, 3.8) is 0 Å². The van der Waals surface area contributed by atoms with Gasteiger partial charge in [0, 0.05) is 11.8 Å². The lowest BCUT2D eigenvalue weighted by atomic mass is 10.1. The summed E-state index contributed by atoms with van der Waals surface area (Å²) in [6.07, 6.45) is 4.26. The van der Waals surface area contributed by atoms with E-state index in [0.29, 0.717) is 5.56 Å². The fourth-order valence-corrected chi connectivity index (χ4v) is 1.65. The molecule has 0 atom stereocenters. The number of rotatable bonds is 2. The molecule has 0 amide bonds. The number of hydrogen-bond donors (Lipinski definition) is 1. The molecule has 0 aliphatic carbocycles. The summed E-state index contributed by atoms with van der Waals surface area (Å²) in [5.41, 5.74) is 3.01. The fourth-order valence-electron chi connectivity index (χ4n) is 1.65. The van der Waals surface area contributed by atoms with E-state index in [2.05, 4.69) is 36.1 Å². The van der Waals surface area contributed by atoms with Crippen LogP contribution in [0.2, 0.25) is 0 Å². The van der Waals surface area contributed by atoms with Gasteiger partial charge >= 0.3 is 0 Å². The third-order valence-corrected chi connectivity index (χ3v) is 2.65. The van der Waals surface area contributed by atoms with E-state index in [0.717, 1.165) is 23.2 Å². The molecule has 2 rings (SSSR count). The minimum atomic E-state index is -0.0790. The van der Waals surface area contributed by atoms with Gasteiger partial charge in [0.1, 0.15) is 0 Å². The molecular formula is C12H16N4O. The highest BCUT2D eigenvalue weighted by atomic mass is 16.1. The average Bonchev–Trinajstić information content (AvgIpc) is 2.81. The zero-order valence-corrected chi connectivity index (χ0v) is 10.5. The topological polar surface area (TPSA) is 63.6 Å². The molecule has 0 aromatic carbocycles. The van der Waals surface area contributed by atoms with Gasteiger partial charge in [-0.15, -0.1) is 0 Å². The second-order valence-electron chi connectivity index (χ2n) is 5.06. The lowest BCUT2D eigenvalue weighted by molar-refractivity contribution is 0.112. The number of aromatic nitrogens is 4. The summed E-state index contributed by atoms with van der Waals surface area (Å²) in [5, 5.41) is 11.2. The summed E-state index contributed by atoms with van der Waals surface area (Å²) in [5.74, 6) is 0. The lowest BCUT2D eigenvalue weighted by Gasteiger charge is -2.18.